The molecule has 1 aliphatic carbocycles. The Kier molecular flexibility index (Phi) is 5.35. The van der Waals surface area contributed by atoms with Gasteiger partial charge in [0.2, 0.25) is 10.0 Å². The Morgan fingerprint density at radius 3 is 2.76 bits per heavy atom. The molecule has 21 heavy (non-hydrogen) atoms. The Bertz CT molecular complexity index is 547. The van der Waals surface area contributed by atoms with E-state index < -0.39 is 15.6 Å². The van der Waals surface area contributed by atoms with E-state index in [0.717, 1.165) is 31.2 Å². The first-order valence-electron chi connectivity index (χ1n) is 7.55. The monoisotopic (exact) mass is 311 g/mol. The van der Waals surface area contributed by atoms with Gasteiger partial charge in [-0.25, -0.2) is 13.1 Å². The SMILES string of the molecule is CC1CCCC(CN)(NS(=O)(=O)CCc2ccncc2)C1. The summed E-state index contributed by atoms with van der Waals surface area (Å²) in [5.41, 5.74) is 6.41. The fourth-order valence-electron chi connectivity index (χ4n) is 3.16. The zero-order chi connectivity index (χ0) is 15.3. The summed E-state index contributed by atoms with van der Waals surface area (Å²) in [6.07, 6.45) is 7.71. The van der Waals surface area contributed by atoms with E-state index >= 15 is 0 Å². The minimum atomic E-state index is -3.32. The van der Waals surface area contributed by atoms with Gasteiger partial charge in [0, 0.05) is 24.5 Å². The maximum absolute atomic E-state index is 12.4. The van der Waals surface area contributed by atoms with Crippen LogP contribution in [0.3, 0.4) is 0 Å². The number of nitrogens with two attached hydrogens (primary N) is 1. The van der Waals surface area contributed by atoms with Gasteiger partial charge in [-0.2, -0.15) is 0 Å². The van der Waals surface area contributed by atoms with E-state index in [4.69, 9.17) is 5.73 Å². The molecule has 1 fully saturated rings. The van der Waals surface area contributed by atoms with Crippen LogP contribution in [0, 0.1) is 5.92 Å². The lowest BCUT2D eigenvalue weighted by Crippen LogP contribution is -2.56. The summed E-state index contributed by atoms with van der Waals surface area (Å²) < 4.78 is 27.6. The molecule has 2 rings (SSSR count). The molecule has 3 N–H and O–H groups in total. The highest BCUT2D eigenvalue weighted by Gasteiger charge is 2.36. The van der Waals surface area contributed by atoms with Gasteiger partial charge in [-0.15, -0.1) is 0 Å². The topological polar surface area (TPSA) is 85.1 Å². The first-order chi connectivity index (χ1) is 9.95. The molecule has 0 bridgehead atoms. The standard InChI is InChI=1S/C15H25N3O2S/c1-13-3-2-7-15(11-13,12-16)18-21(19,20)10-6-14-4-8-17-9-5-14/h4-5,8-9,13,18H,2-3,6-7,10-12,16H2,1H3. The lowest BCUT2D eigenvalue weighted by molar-refractivity contribution is 0.223. The Balaban J connectivity index is 1.99. The Hall–Kier alpha value is -0.980. The number of hydrogen-bond donors (Lipinski definition) is 2. The summed E-state index contributed by atoms with van der Waals surface area (Å²) in [5, 5.41) is 0. The molecule has 1 heterocycles. The van der Waals surface area contributed by atoms with E-state index in [1.54, 1.807) is 12.4 Å². The van der Waals surface area contributed by atoms with Crippen molar-refractivity contribution >= 4 is 10.0 Å². The first-order valence-corrected chi connectivity index (χ1v) is 9.21. The van der Waals surface area contributed by atoms with Gasteiger partial charge in [0.1, 0.15) is 0 Å². The van der Waals surface area contributed by atoms with Crippen LogP contribution in [0.4, 0.5) is 0 Å². The lowest BCUT2D eigenvalue weighted by Gasteiger charge is -2.39. The quantitative estimate of drug-likeness (QED) is 0.833. The number of rotatable bonds is 6. The number of nitrogens with zero attached hydrogens (tertiary/aromatic N) is 1. The third-order valence-electron chi connectivity index (χ3n) is 4.26. The van der Waals surface area contributed by atoms with Gasteiger partial charge in [0.15, 0.2) is 0 Å². The van der Waals surface area contributed by atoms with Crippen LogP contribution in [0.2, 0.25) is 0 Å². The highest BCUT2D eigenvalue weighted by molar-refractivity contribution is 7.89. The Morgan fingerprint density at radius 2 is 2.14 bits per heavy atom. The van der Waals surface area contributed by atoms with Crippen molar-refractivity contribution in [2.45, 2.75) is 44.6 Å². The molecule has 1 saturated carbocycles. The van der Waals surface area contributed by atoms with E-state index in [-0.39, 0.29) is 5.75 Å². The zero-order valence-electron chi connectivity index (χ0n) is 12.6. The number of pyridine rings is 1. The number of hydrogen-bond acceptors (Lipinski definition) is 4. The maximum atomic E-state index is 12.4. The lowest BCUT2D eigenvalue weighted by atomic mass is 9.77. The number of aromatic nitrogens is 1. The Labute approximate surface area is 127 Å². The van der Waals surface area contributed by atoms with Crippen LogP contribution in [-0.2, 0) is 16.4 Å². The van der Waals surface area contributed by atoms with E-state index in [9.17, 15) is 8.42 Å². The van der Waals surface area contributed by atoms with Crippen molar-refractivity contribution in [3.8, 4) is 0 Å². The van der Waals surface area contributed by atoms with Gasteiger partial charge in [0.05, 0.1) is 5.75 Å². The van der Waals surface area contributed by atoms with Crippen LogP contribution < -0.4 is 10.5 Å². The van der Waals surface area contributed by atoms with Crippen molar-refractivity contribution in [1.29, 1.82) is 0 Å². The van der Waals surface area contributed by atoms with Crippen molar-refractivity contribution in [2.75, 3.05) is 12.3 Å². The van der Waals surface area contributed by atoms with E-state index in [1.807, 2.05) is 12.1 Å². The molecule has 2 unspecified atom stereocenters. The second kappa shape index (κ2) is 6.85. The molecule has 0 saturated heterocycles. The fraction of sp³-hybridized carbons (Fsp3) is 0.667. The fourth-order valence-corrected chi connectivity index (χ4v) is 4.70. The summed E-state index contributed by atoms with van der Waals surface area (Å²) >= 11 is 0. The molecule has 6 heteroatoms. The number of aryl methyl sites for hydroxylation is 1. The molecule has 1 aromatic heterocycles. The van der Waals surface area contributed by atoms with Gasteiger partial charge in [0.25, 0.3) is 0 Å². The summed E-state index contributed by atoms with van der Waals surface area (Å²) in [4.78, 5) is 3.93. The average Bonchev–Trinajstić information content (AvgIpc) is 2.46. The molecule has 1 aromatic rings. The molecule has 5 nitrogen and oxygen atoms in total. The van der Waals surface area contributed by atoms with Gasteiger partial charge in [-0.3, -0.25) is 4.98 Å². The van der Waals surface area contributed by atoms with Crippen molar-refractivity contribution < 1.29 is 8.42 Å². The number of nitrogens with one attached hydrogen (secondary N) is 1. The second-order valence-corrected chi connectivity index (χ2v) is 8.05. The minimum Gasteiger partial charge on any atom is -0.329 e. The first kappa shape index (κ1) is 16.4. The minimum absolute atomic E-state index is 0.0904. The Morgan fingerprint density at radius 1 is 1.43 bits per heavy atom. The van der Waals surface area contributed by atoms with E-state index in [0.29, 0.717) is 18.9 Å². The molecule has 0 spiro atoms. The molecule has 0 amide bonds. The van der Waals surface area contributed by atoms with Crippen molar-refractivity contribution in [2.24, 2.45) is 11.7 Å². The zero-order valence-corrected chi connectivity index (χ0v) is 13.4. The summed E-state index contributed by atoms with van der Waals surface area (Å²) in [6.45, 7) is 2.53. The number of sulfonamides is 1. The van der Waals surface area contributed by atoms with Gasteiger partial charge >= 0.3 is 0 Å². The normalized spacial score (nSPS) is 26.7. The highest BCUT2D eigenvalue weighted by atomic mass is 32.2. The third-order valence-corrected chi connectivity index (χ3v) is 5.75. The van der Waals surface area contributed by atoms with Crippen LogP contribution in [0.15, 0.2) is 24.5 Å². The van der Waals surface area contributed by atoms with Gasteiger partial charge < -0.3 is 5.73 Å². The van der Waals surface area contributed by atoms with E-state index in [1.165, 1.54) is 0 Å². The largest absolute Gasteiger partial charge is 0.329 e. The molecule has 2 atom stereocenters. The van der Waals surface area contributed by atoms with Gasteiger partial charge in [-0.05, 0) is 42.9 Å². The van der Waals surface area contributed by atoms with Crippen LogP contribution >= 0.6 is 0 Å². The molecule has 0 aromatic carbocycles. The highest BCUT2D eigenvalue weighted by Crippen LogP contribution is 2.32. The van der Waals surface area contributed by atoms with Crippen molar-refractivity contribution in [3.63, 3.8) is 0 Å². The van der Waals surface area contributed by atoms with Crippen LogP contribution in [0.5, 0.6) is 0 Å². The summed E-state index contributed by atoms with van der Waals surface area (Å²) in [5.74, 6) is 0.609. The van der Waals surface area contributed by atoms with Crippen molar-refractivity contribution in [3.05, 3.63) is 30.1 Å². The summed E-state index contributed by atoms with van der Waals surface area (Å²) in [6, 6.07) is 3.69. The van der Waals surface area contributed by atoms with Crippen LogP contribution in [0.25, 0.3) is 0 Å². The van der Waals surface area contributed by atoms with Crippen molar-refractivity contribution in [1.82, 2.24) is 9.71 Å². The van der Waals surface area contributed by atoms with Crippen LogP contribution in [0.1, 0.15) is 38.2 Å². The third kappa shape index (κ3) is 4.76. The summed E-state index contributed by atoms with van der Waals surface area (Å²) in [7, 11) is -3.32. The van der Waals surface area contributed by atoms with Gasteiger partial charge in [-0.1, -0.05) is 19.8 Å². The molecule has 0 radical (unpaired) electrons. The molecule has 1 aliphatic rings. The molecular formula is C15H25N3O2S. The second-order valence-electron chi connectivity index (χ2n) is 6.21. The van der Waals surface area contributed by atoms with Crippen LogP contribution in [-0.4, -0.2) is 31.2 Å². The average molecular weight is 311 g/mol. The molecule has 0 aliphatic heterocycles. The molecule has 118 valence electrons. The maximum Gasteiger partial charge on any atom is 0.212 e. The molecular weight excluding hydrogens is 286 g/mol. The smallest absolute Gasteiger partial charge is 0.212 e. The predicted molar refractivity (Wildman–Crippen MR) is 84.3 cm³/mol. The predicted octanol–water partition coefficient (Wildman–Crippen LogP) is 1.45. The van der Waals surface area contributed by atoms with E-state index in [2.05, 4.69) is 16.6 Å².